The number of nitrogens with zero attached hydrogens (tertiary/aromatic N) is 5. The predicted octanol–water partition coefficient (Wildman–Crippen LogP) is 0.156. The second-order valence-electron chi connectivity index (χ2n) is 8.03. The largest absolute Gasteiger partial charge is 0.484 e. The third kappa shape index (κ3) is 4.24. The first-order chi connectivity index (χ1) is 17.0. The Hall–Kier alpha value is -3.83. The van der Waals surface area contributed by atoms with Crippen LogP contribution in [0.25, 0.3) is 11.2 Å². The van der Waals surface area contributed by atoms with E-state index in [1.54, 1.807) is 24.3 Å². The number of fused-ring (bicyclic) bond motifs is 3. The first-order valence-electron chi connectivity index (χ1n) is 10.8. The smallest absolute Gasteiger partial charge is 0.264 e. The molecule has 13 heteroatoms. The van der Waals surface area contributed by atoms with E-state index in [1.165, 1.54) is 10.9 Å². The van der Waals surface area contributed by atoms with Crippen molar-refractivity contribution < 1.29 is 34.0 Å². The van der Waals surface area contributed by atoms with Gasteiger partial charge in [-0.05, 0) is 12.1 Å². The summed E-state index contributed by atoms with van der Waals surface area (Å²) in [5.41, 5.74) is -0.732. The van der Waals surface area contributed by atoms with Crippen LogP contribution in [0.1, 0.15) is 12.6 Å². The average molecular weight is 482 g/mol. The van der Waals surface area contributed by atoms with Crippen molar-refractivity contribution in [2.24, 2.45) is 0 Å². The molecule has 0 saturated carbocycles. The molecule has 0 radical (unpaired) electrons. The number of rotatable bonds is 9. The molecule has 0 unspecified atom stereocenters. The predicted molar refractivity (Wildman–Crippen MR) is 117 cm³/mol. The van der Waals surface area contributed by atoms with Gasteiger partial charge < -0.3 is 29.2 Å². The Morgan fingerprint density at radius 2 is 2.14 bits per heavy atom. The number of aliphatic hydroxyl groups is 2. The third-order valence-electron chi connectivity index (χ3n) is 5.76. The molecule has 2 aliphatic rings. The van der Waals surface area contributed by atoms with Crippen LogP contribution < -0.4 is 14.8 Å². The molecule has 2 fully saturated rings. The number of aromatic nitrogens is 4. The van der Waals surface area contributed by atoms with Crippen LogP contribution >= 0.6 is 0 Å². The lowest BCUT2D eigenvalue weighted by Gasteiger charge is -2.29. The Labute approximate surface area is 198 Å². The molecule has 182 valence electrons. The van der Waals surface area contributed by atoms with Crippen molar-refractivity contribution in [3.8, 4) is 17.7 Å². The number of ether oxygens (including phenoxy) is 4. The Morgan fingerprint density at radius 3 is 2.89 bits per heavy atom. The average Bonchev–Trinajstić information content (AvgIpc) is 3.53. The van der Waals surface area contributed by atoms with Crippen LogP contribution in [0, 0.1) is 11.3 Å². The highest BCUT2D eigenvalue weighted by Gasteiger charge is 2.61. The van der Waals surface area contributed by atoms with Crippen molar-refractivity contribution in [3.05, 3.63) is 36.7 Å². The molecule has 1 amide bonds. The number of hydrogen-bond donors (Lipinski definition) is 3. The normalized spacial score (nSPS) is 24.9. The van der Waals surface area contributed by atoms with E-state index in [2.05, 4.69) is 20.3 Å². The summed E-state index contributed by atoms with van der Waals surface area (Å²) in [6.07, 6.45) is -1.09. The van der Waals surface area contributed by atoms with Crippen molar-refractivity contribution in [1.29, 1.82) is 5.26 Å². The van der Waals surface area contributed by atoms with Crippen molar-refractivity contribution in [3.63, 3.8) is 0 Å². The van der Waals surface area contributed by atoms with Gasteiger partial charge in [0.25, 0.3) is 5.91 Å². The maximum Gasteiger partial charge on any atom is 0.264 e. The number of benzene rings is 1. The van der Waals surface area contributed by atoms with Crippen LogP contribution in [0.4, 0.5) is 5.95 Å². The number of nitriles is 1. The zero-order valence-electron chi connectivity index (χ0n) is 18.4. The maximum atomic E-state index is 12.5. The lowest BCUT2D eigenvalue weighted by Crippen LogP contribution is -2.44. The molecular weight excluding hydrogens is 460 g/mol. The summed E-state index contributed by atoms with van der Waals surface area (Å²) < 4.78 is 24.2. The SMILES string of the molecule is N#CCCOc1nc(NC(=O)COc2ccccc2)nc2c1ncn2[C@@H]1O[C@@]2(CO)CO[C@@H]1[C@@H]2O. The van der Waals surface area contributed by atoms with E-state index in [1.807, 2.05) is 12.1 Å². The Bertz CT molecular complexity index is 1260. The topological polar surface area (TPSA) is 174 Å². The molecule has 0 aliphatic carbocycles. The van der Waals surface area contributed by atoms with Gasteiger partial charge in [0, 0.05) is 0 Å². The number of carbonyl (C=O) groups excluding carboxylic acids is 1. The fourth-order valence-electron chi connectivity index (χ4n) is 4.01. The van der Waals surface area contributed by atoms with Crippen molar-refractivity contribution in [1.82, 2.24) is 19.5 Å². The second-order valence-corrected chi connectivity index (χ2v) is 8.03. The summed E-state index contributed by atoms with van der Waals surface area (Å²) in [7, 11) is 0. The van der Waals surface area contributed by atoms with Gasteiger partial charge in [-0.25, -0.2) is 4.98 Å². The fourth-order valence-corrected chi connectivity index (χ4v) is 4.01. The minimum absolute atomic E-state index is 0.0536. The third-order valence-corrected chi connectivity index (χ3v) is 5.76. The molecule has 4 atom stereocenters. The number of anilines is 1. The summed E-state index contributed by atoms with van der Waals surface area (Å²) in [5, 5.41) is 31.7. The Morgan fingerprint density at radius 1 is 1.31 bits per heavy atom. The van der Waals surface area contributed by atoms with Crippen LogP contribution in [0.5, 0.6) is 11.6 Å². The monoisotopic (exact) mass is 482 g/mol. The number of aliphatic hydroxyl groups excluding tert-OH is 2. The van der Waals surface area contributed by atoms with E-state index >= 15 is 0 Å². The van der Waals surface area contributed by atoms with Crippen LogP contribution in [0.15, 0.2) is 36.7 Å². The minimum Gasteiger partial charge on any atom is -0.484 e. The Balaban J connectivity index is 1.42. The molecule has 35 heavy (non-hydrogen) atoms. The summed E-state index contributed by atoms with van der Waals surface area (Å²) in [4.78, 5) is 25.4. The summed E-state index contributed by atoms with van der Waals surface area (Å²) in [6, 6.07) is 10.8. The van der Waals surface area contributed by atoms with Gasteiger partial charge in [0.05, 0.1) is 32.0 Å². The van der Waals surface area contributed by atoms with E-state index in [-0.39, 0.29) is 49.2 Å². The number of carbonyl (C=O) groups is 1. The van der Waals surface area contributed by atoms with E-state index < -0.39 is 36.6 Å². The number of imidazole rings is 1. The first kappa shape index (κ1) is 22.9. The molecule has 2 bridgehead atoms. The van der Waals surface area contributed by atoms with Crippen LogP contribution in [0.3, 0.4) is 0 Å². The van der Waals surface area contributed by atoms with Crippen molar-refractivity contribution >= 4 is 23.0 Å². The van der Waals surface area contributed by atoms with E-state index in [0.29, 0.717) is 5.75 Å². The standard InChI is InChI=1S/C22H22N6O7/c23-7-4-8-32-19-15-18(26-21(27-19)25-14(30)9-33-13-5-2-1-3-6-13)28(12-24-15)20-16-17(31)22(10-29,35-20)11-34-16/h1-3,5-6,12,16-17,20,29,31H,4,8-11H2,(H,25,26,27,30)/t16-,17+,20-,22+/m1/s1. The summed E-state index contributed by atoms with van der Waals surface area (Å²) in [6.45, 7) is -0.590. The highest BCUT2D eigenvalue weighted by atomic mass is 16.7. The van der Waals surface area contributed by atoms with Gasteiger partial charge in [-0.2, -0.15) is 15.2 Å². The molecule has 3 N–H and O–H groups in total. The fraction of sp³-hybridized carbons (Fsp3) is 0.409. The second kappa shape index (κ2) is 9.43. The molecule has 0 spiro atoms. The summed E-state index contributed by atoms with van der Waals surface area (Å²) in [5.74, 6) is 0.0120. The quantitative estimate of drug-likeness (QED) is 0.354. The van der Waals surface area contributed by atoms with Gasteiger partial charge in [-0.3, -0.25) is 14.7 Å². The van der Waals surface area contributed by atoms with Crippen molar-refractivity contribution in [2.45, 2.75) is 30.5 Å². The molecule has 2 aromatic heterocycles. The summed E-state index contributed by atoms with van der Waals surface area (Å²) >= 11 is 0. The zero-order valence-corrected chi connectivity index (χ0v) is 18.4. The van der Waals surface area contributed by atoms with Gasteiger partial charge in [-0.15, -0.1) is 0 Å². The number of para-hydroxylation sites is 1. The molecule has 1 aromatic carbocycles. The van der Waals surface area contributed by atoms with Gasteiger partial charge in [0.15, 0.2) is 24.0 Å². The van der Waals surface area contributed by atoms with Gasteiger partial charge in [0.1, 0.15) is 30.2 Å². The molecule has 3 aromatic rings. The molecule has 13 nitrogen and oxygen atoms in total. The van der Waals surface area contributed by atoms with E-state index in [0.717, 1.165) is 0 Å². The number of nitrogens with one attached hydrogen (secondary N) is 1. The van der Waals surface area contributed by atoms with E-state index in [4.69, 9.17) is 24.2 Å². The number of amides is 1. The minimum atomic E-state index is -1.24. The highest BCUT2D eigenvalue weighted by Crippen LogP contribution is 2.45. The molecule has 4 heterocycles. The van der Waals surface area contributed by atoms with Crippen LogP contribution in [-0.4, -0.2) is 79.9 Å². The molecular formula is C22H22N6O7. The number of hydrogen-bond acceptors (Lipinski definition) is 11. The highest BCUT2D eigenvalue weighted by molar-refractivity contribution is 5.91. The van der Waals surface area contributed by atoms with Gasteiger partial charge >= 0.3 is 0 Å². The first-order valence-corrected chi connectivity index (χ1v) is 10.8. The van der Waals surface area contributed by atoms with Crippen LogP contribution in [0.2, 0.25) is 0 Å². The maximum absolute atomic E-state index is 12.5. The van der Waals surface area contributed by atoms with Crippen LogP contribution in [-0.2, 0) is 14.3 Å². The molecule has 5 rings (SSSR count). The zero-order chi connectivity index (χ0) is 24.4. The van der Waals surface area contributed by atoms with Gasteiger partial charge in [0.2, 0.25) is 11.8 Å². The lowest BCUT2D eigenvalue weighted by atomic mass is 10.0. The molecule has 2 aliphatic heterocycles. The Kier molecular flexibility index (Phi) is 6.18. The van der Waals surface area contributed by atoms with Gasteiger partial charge in [-0.1, -0.05) is 18.2 Å². The van der Waals surface area contributed by atoms with E-state index in [9.17, 15) is 15.0 Å². The molecule has 2 saturated heterocycles. The van der Waals surface area contributed by atoms with Crippen molar-refractivity contribution in [2.75, 3.05) is 31.7 Å². The lowest BCUT2D eigenvalue weighted by molar-refractivity contribution is -0.185.